The Morgan fingerprint density at radius 1 is 1.33 bits per heavy atom. The second-order valence-electron chi connectivity index (χ2n) is 5.16. The summed E-state index contributed by atoms with van der Waals surface area (Å²) in [6.45, 7) is 6.17. The highest BCUT2D eigenvalue weighted by atomic mass is 16.5. The Kier molecular flexibility index (Phi) is 5.00. The number of nitrogens with zero attached hydrogens (tertiary/aromatic N) is 1. The van der Waals surface area contributed by atoms with Crippen LogP contribution >= 0.6 is 0 Å². The quantitative estimate of drug-likeness (QED) is 0.785. The summed E-state index contributed by atoms with van der Waals surface area (Å²) in [4.78, 5) is 4.48. The Morgan fingerprint density at radius 3 is 2.83 bits per heavy atom. The predicted molar refractivity (Wildman–Crippen MR) is 73.9 cm³/mol. The average molecular weight is 248 g/mol. The summed E-state index contributed by atoms with van der Waals surface area (Å²) in [5.74, 6) is 0.801. The molecule has 0 radical (unpaired) electrons. The molecule has 0 bridgehead atoms. The Bertz CT molecular complexity index is 373. The van der Waals surface area contributed by atoms with Gasteiger partial charge in [0.15, 0.2) is 0 Å². The molecule has 0 atom stereocenters. The second-order valence-corrected chi connectivity index (χ2v) is 5.16. The van der Waals surface area contributed by atoms with Crippen molar-refractivity contribution in [2.24, 2.45) is 0 Å². The van der Waals surface area contributed by atoms with Gasteiger partial charge in [0.25, 0.3) is 0 Å². The van der Waals surface area contributed by atoms with Gasteiger partial charge in [-0.15, -0.1) is 0 Å². The van der Waals surface area contributed by atoms with Crippen molar-refractivity contribution < 1.29 is 4.74 Å². The summed E-state index contributed by atoms with van der Waals surface area (Å²) in [7, 11) is 0. The molecule has 3 heteroatoms. The summed E-state index contributed by atoms with van der Waals surface area (Å²) in [5.41, 5.74) is 2.31. The second kappa shape index (κ2) is 6.74. The first-order chi connectivity index (χ1) is 8.78. The minimum atomic E-state index is 0.385. The minimum Gasteiger partial charge on any atom is -0.474 e. The van der Waals surface area contributed by atoms with Crippen LogP contribution in [0.4, 0.5) is 0 Å². The van der Waals surface area contributed by atoms with E-state index in [0.717, 1.165) is 31.1 Å². The van der Waals surface area contributed by atoms with Gasteiger partial charge in [-0.3, -0.25) is 0 Å². The van der Waals surface area contributed by atoms with Gasteiger partial charge >= 0.3 is 0 Å². The predicted octanol–water partition coefficient (Wildman–Crippen LogP) is 3.21. The third-order valence-corrected chi connectivity index (χ3v) is 3.34. The van der Waals surface area contributed by atoms with E-state index in [0.29, 0.717) is 6.10 Å². The maximum Gasteiger partial charge on any atom is 0.214 e. The molecule has 2 rings (SSSR count). The monoisotopic (exact) mass is 248 g/mol. The first-order valence-electron chi connectivity index (χ1n) is 7.13. The highest BCUT2D eigenvalue weighted by Crippen LogP contribution is 2.23. The lowest BCUT2D eigenvalue weighted by atomic mass is 10.2. The van der Waals surface area contributed by atoms with E-state index < -0.39 is 0 Å². The molecule has 1 fully saturated rings. The van der Waals surface area contributed by atoms with Gasteiger partial charge in [0.2, 0.25) is 5.88 Å². The maximum absolute atomic E-state index is 5.96. The van der Waals surface area contributed by atoms with Crippen LogP contribution in [-0.2, 0) is 6.54 Å². The average Bonchev–Trinajstić information content (AvgIpc) is 2.81. The molecule has 1 aromatic heterocycles. The van der Waals surface area contributed by atoms with Crippen LogP contribution in [0.1, 0.15) is 50.3 Å². The zero-order valence-corrected chi connectivity index (χ0v) is 11.5. The SMILES string of the molecule is CCCNCc1cc(C)nc(OC2CCCC2)c1. The molecule has 0 aliphatic heterocycles. The van der Waals surface area contributed by atoms with Gasteiger partial charge in [0.1, 0.15) is 6.10 Å². The zero-order chi connectivity index (χ0) is 12.8. The van der Waals surface area contributed by atoms with Crippen LogP contribution < -0.4 is 10.1 Å². The number of pyridine rings is 1. The van der Waals surface area contributed by atoms with E-state index >= 15 is 0 Å². The number of hydrogen-bond acceptors (Lipinski definition) is 3. The van der Waals surface area contributed by atoms with Crippen molar-refractivity contribution in [3.63, 3.8) is 0 Å². The van der Waals surface area contributed by atoms with E-state index in [1.165, 1.54) is 31.2 Å². The van der Waals surface area contributed by atoms with Gasteiger partial charge < -0.3 is 10.1 Å². The van der Waals surface area contributed by atoms with Crippen LogP contribution in [0.15, 0.2) is 12.1 Å². The summed E-state index contributed by atoms with van der Waals surface area (Å²) in [6, 6.07) is 4.21. The minimum absolute atomic E-state index is 0.385. The Hall–Kier alpha value is -1.09. The van der Waals surface area contributed by atoms with Crippen LogP contribution in [-0.4, -0.2) is 17.6 Å². The number of ether oxygens (including phenoxy) is 1. The highest BCUT2D eigenvalue weighted by Gasteiger charge is 2.17. The van der Waals surface area contributed by atoms with Crippen molar-refractivity contribution in [2.75, 3.05) is 6.54 Å². The first kappa shape index (κ1) is 13.3. The fourth-order valence-electron chi connectivity index (χ4n) is 2.46. The molecule has 0 saturated heterocycles. The number of rotatable bonds is 6. The highest BCUT2D eigenvalue weighted by molar-refractivity contribution is 5.24. The van der Waals surface area contributed by atoms with E-state index in [2.05, 4.69) is 29.4 Å². The van der Waals surface area contributed by atoms with Crippen LogP contribution in [0.3, 0.4) is 0 Å². The van der Waals surface area contributed by atoms with Gasteiger partial charge in [-0.25, -0.2) is 4.98 Å². The first-order valence-corrected chi connectivity index (χ1v) is 7.13. The van der Waals surface area contributed by atoms with E-state index in [-0.39, 0.29) is 0 Å². The van der Waals surface area contributed by atoms with Crippen molar-refractivity contribution in [3.05, 3.63) is 23.4 Å². The number of aryl methyl sites for hydroxylation is 1. The molecular formula is C15H24N2O. The van der Waals surface area contributed by atoms with Crippen molar-refractivity contribution in [1.82, 2.24) is 10.3 Å². The summed E-state index contributed by atoms with van der Waals surface area (Å²) in [6.07, 6.45) is 6.49. The molecule has 1 N–H and O–H groups in total. The van der Waals surface area contributed by atoms with Crippen molar-refractivity contribution in [1.29, 1.82) is 0 Å². The summed E-state index contributed by atoms with van der Waals surface area (Å²) in [5, 5.41) is 3.42. The Morgan fingerprint density at radius 2 is 2.11 bits per heavy atom. The van der Waals surface area contributed by atoms with Crippen LogP contribution in [0.2, 0.25) is 0 Å². The van der Waals surface area contributed by atoms with Gasteiger partial charge in [-0.05, 0) is 57.2 Å². The molecule has 1 heterocycles. The molecular weight excluding hydrogens is 224 g/mol. The molecule has 100 valence electrons. The van der Waals surface area contributed by atoms with Gasteiger partial charge in [0.05, 0.1) is 0 Å². The fourth-order valence-corrected chi connectivity index (χ4v) is 2.46. The standard InChI is InChI=1S/C15H24N2O/c1-3-8-16-11-13-9-12(2)17-15(10-13)18-14-6-4-5-7-14/h9-10,14,16H,3-8,11H2,1-2H3. The topological polar surface area (TPSA) is 34.2 Å². The van der Waals surface area contributed by atoms with E-state index in [1.54, 1.807) is 0 Å². The van der Waals surface area contributed by atoms with Crippen molar-refractivity contribution in [3.8, 4) is 5.88 Å². The zero-order valence-electron chi connectivity index (χ0n) is 11.5. The van der Waals surface area contributed by atoms with Gasteiger partial charge in [-0.2, -0.15) is 0 Å². The van der Waals surface area contributed by atoms with Crippen LogP contribution in [0.5, 0.6) is 5.88 Å². The lowest BCUT2D eigenvalue weighted by molar-refractivity contribution is 0.201. The number of hydrogen-bond donors (Lipinski definition) is 1. The lowest BCUT2D eigenvalue weighted by Crippen LogP contribution is -2.15. The number of aromatic nitrogens is 1. The molecule has 18 heavy (non-hydrogen) atoms. The molecule has 1 saturated carbocycles. The van der Waals surface area contributed by atoms with Crippen LogP contribution in [0.25, 0.3) is 0 Å². The largest absolute Gasteiger partial charge is 0.474 e. The van der Waals surface area contributed by atoms with Crippen molar-refractivity contribution >= 4 is 0 Å². The molecule has 3 nitrogen and oxygen atoms in total. The molecule has 1 aromatic rings. The van der Waals surface area contributed by atoms with Crippen LogP contribution in [0, 0.1) is 6.92 Å². The summed E-state index contributed by atoms with van der Waals surface area (Å²) >= 11 is 0. The van der Waals surface area contributed by atoms with E-state index in [4.69, 9.17) is 4.74 Å². The fraction of sp³-hybridized carbons (Fsp3) is 0.667. The molecule has 0 unspecified atom stereocenters. The lowest BCUT2D eigenvalue weighted by Gasteiger charge is -2.14. The maximum atomic E-state index is 5.96. The third kappa shape index (κ3) is 3.98. The molecule has 0 amide bonds. The van der Waals surface area contributed by atoms with Gasteiger partial charge in [-0.1, -0.05) is 6.92 Å². The summed E-state index contributed by atoms with van der Waals surface area (Å²) < 4.78 is 5.96. The Labute approximate surface area is 110 Å². The van der Waals surface area contributed by atoms with Crippen molar-refractivity contribution in [2.45, 2.75) is 58.6 Å². The molecule has 1 aliphatic rings. The Balaban J connectivity index is 1.96. The number of nitrogens with one attached hydrogen (secondary N) is 1. The van der Waals surface area contributed by atoms with Gasteiger partial charge in [0, 0.05) is 18.3 Å². The third-order valence-electron chi connectivity index (χ3n) is 3.34. The van der Waals surface area contributed by atoms with E-state index in [9.17, 15) is 0 Å². The smallest absolute Gasteiger partial charge is 0.214 e. The molecule has 0 aromatic carbocycles. The molecule has 0 spiro atoms. The normalized spacial score (nSPS) is 16.1. The van der Waals surface area contributed by atoms with E-state index in [1.807, 2.05) is 6.92 Å². The molecule has 1 aliphatic carbocycles.